The van der Waals surface area contributed by atoms with Crippen LogP contribution in [0.1, 0.15) is 26.3 Å². The molecule has 2 heteroatoms. The molecule has 0 aliphatic heterocycles. The van der Waals surface area contributed by atoms with Gasteiger partial charge in [-0.15, -0.1) is 0 Å². The average Bonchev–Trinajstić information content (AvgIpc) is 2.01. The molecular formula is C11H15BrO. The second kappa shape index (κ2) is 4.25. The Balaban J connectivity index is 2.60. The van der Waals surface area contributed by atoms with E-state index in [9.17, 15) is 0 Å². The van der Waals surface area contributed by atoms with Crippen LogP contribution in [0.25, 0.3) is 0 Å². The van der Waals surface area contributed by atoms with E-state index >= 15 is 0 Å². The lowest BCUT2D eigenvalue weighted by Gasteiger charge is -2.19. The summed E-state index contributed by atoms with van der Waals surface area (Å²) < 4.78 is 6.78. The molecule has 0 aromatic heterocycles. The van der Waals surface area contributed by atoms with Crippen molar-refractivity contribution in [2.45, 2.75) is 33.0 Å². The number of rotatable bonds is 2. The van der Waals surface area contributed by atoms with Crippen molar-refractivity contribution in [2.75, 3.05) is 0 Å². The SMILES string of the molecule is CC(C)(C)OCc1ccccc1Br. The monoisotopic (exact) mass is 242 g/mol. The quantitative estimate of drug-likeness (QED) is 0.768. The molecule has 0 spiro atoms. The van der Waals surface area contributed by atoms with Crippen molar-refractivity contribution in [3.63, 3.8) is 0 Å². The van der Waals surface area contributed by atoms with Gasteiger partial charge < -0.3 is 4.74 Å². The van der Waals surface area contributed by atoms with Gasteiger partial charge in [-0.25, -0.2) is 0 Å². The van der Waals surface area contributed by atoms with Crippen molar-refractivity contribution in [3.8, 4) is 0 Å². The summed E-state index contributed by atoms with van der Waals surface area (Å²) in [6, 6.07) is 8.12. The molecule has 0 aliphatic rings. The minimum atomic E-state index is -0.0741. The fourth-order valence-corrected chi connectivity index (χ4v) is 1.31. The van der Waals surface area contributed by atoms with Crippen LogP contribution in [0.5, 0.6) is 0 Å². The van der Waals surface area contributed by atoms with Gasteiger partial charge >= 0.3 is 0 Å². The van der Waals surface area contributed by atoms with E-state index in [2.05, 4.69) is 42.8 Å². The van der Waals surface area contributed by atoms with Crippen molar-refractivity contribution < 1.29 is 4.74 Å². The maximum Gasteiger partial charge on any atom is 0.0734 e. The van der Waals surface area contributed by atoms with Crippen molar-refractivity contribution >= 4 is 15.9 Å². The van der Waals surface area contributed by atoms with Gasteiger partial charge in [0.2, 0.25) is 0 Å². The lowest BCUT2D eigenvalue weighted by molar-refractivity contribution is -0.0152. The Morgan fingerprint density at radius 2 is 1.85 bits per heavy atom. The summed E-state index contributed by atoms with van der Waals surface area (Å²) in [6.45, 7) is 6.84. The smallest absolute Gasteiger partial charge is 0.0734 e. The van der Waals surface area contributed by atoms with E-state index in [1.165, 1.54) is 5.56 Å². The molecule has 1 rings (SSSR count). The Kier molecular flexibility index (Phi) is 3.51. The highest BCUT2D eigenvalue weighted by Crippen LogP contribution is 2.19. The predicted octanol–water partition coefficient (Wildman–Crippen LogP) is 3.76. The zero-order valence-electron chi connectivity index (χ0n) is 8.30. The third kappa shape index (κ3) is 3.92. The molecule has 1 aromatic carbocycles. The second-order valence-electron chi connectivity index (χ2n) is 3.99. The summed E-state index contributed by atoms with van der Waals surface area (Å²) >= 11 is 3.48. The molecule has 0 radical (unpaired) electrons. The van der Waals surface area contributed by atoms with Gasteiger partial charge in [0.1, 0.15) is 0 Å². The third-order valence-corrected chi connectivity index (χ3v) is 2.39. The molecule has 1 aromatic rings. The van der Waals surface area contributed by atoms with Crippen LogP contribution >= 0.6 is 15.9 Å². The molecule has 0 saturated carbocycles. The first kappa shape index (κ1) is 10.7. The Hall–Kier alpha value is -0.340. The van der Waals surface area contributed by atoms with Crippen LogP contribution in [0.4, 0.5) is 0 Å². The van der Waals surface area contributed by atoms with Gasteiger partial charge in [-0.05, 0) is 32.4 Å². The zero-order valence-corrected chi connectivity index (χ0v) is 9.89. The number of hydrogen-bond donors (Lipinski definition) is 0. The summed E-state index contributed by atoms with van der Waals surface area (Å²) in [6.07, 6.45) is 0. The Bertz CT molecular complexity index is 276. The van der Waals surface area contributed by atoms with Crippen LogP contribution in [0, 0.1) is 0 Å². The number of benzene rings is 1. The molecule has 0 fully saturated rings. The summed E-state index contributed by atoms with van der Waals surface area (Å²) in [4.78, 5) is 0. The summed E-state index contributed by atoms with van der Waals surface area (Å²) in [5, 5.41) is 0. The topological polar surface area (TPSA) is 9.23 Å². The normalized spacial score (nSPS) is 11.7. The number of halogens is 1. The van der Waals surface area contributed by atoms with E-state index in [1.807, 2.05) is 18.2 Å². The van der Waals surface area contributed by atoms with E-state index in [0.717, 1.165) is 4.47 Å². The van der Waals surface area contributed by atoms with Gasteiger partial charge in [-0.3, -0.25) is 0 Å². The minimum Gasteiger partial charge on any atom is -0.371 e. The summed E-state index contributed by atoms with van der Waals surface area (Å²) in [5.74, 6) is 0. The number of hydrogen-bond acceptors (Lipinski definition) is 1. The first-order valence-electron chi connectivity index (χ1n) is 4.36. The number of ether oxygens (including phenoxy) is 1. The summed E-state index contributed by atoms with van der Waals surface area (Å²) in [5.41, 5.74) is 1.12. The van der Waals surface area contributed by atoms with Gasteiger partial charge in [0.25, 0.3) is 0 Å². The highest BCUT2D eigenvalue weighted by Gasteiger charge is 2.10. The molecule has 0 saturated heterocycles. The van der Waals surface area contributed by atoms with Gasteiger partial charge in [-0.2, -0.15) is 0 Å². The largest absolute Gasteiger partial charge is 0.371 e. The maximum absolute atomic E-state index is 5.67. The zero-order chi connectivity index (χ0) is 9.90. The average molecular weight is 243 g/mol. The Morgan fingerprint density at radius 1 is 1.23 bits per heavy atom. The molecule has 0 amide bonds. The fraction of sp³-hybridized carbons (Fsp3) is 0.455. The third-order valence-electron chi connectivity index (χ3n) is 1.62. The van der Waals surface area contributed by atoms with Crippen LogP contribution in [-0.2, 0) is 11.3 Å². The highest BCUT2D eigenvalue weighted by molar-refractivity contribution is 9.10. The van der Waals surface area contributed by atoms with Gasteiger partial charge in [-0.1, -0.05) is 34.1 Å². The van der Waals surface area contributed by atoms with Crippen LogP contribution < -0.4 is 0 Å². The van der Waals surface area contributed by atoms with E-state index < -0.39 is 0 Å². The fourth-order valence-electron chi connectivity index (χ4n) is 0.910. The first-order valence-corrected chi connectivity index (χ1v) is 5.16. The predicted molar refractivity (Wildman–Crippen MR) is 58.7 cm³/mol. The highest BCUT2D eigenvalue weighted by atomic mass is 79.9. The molecule has 0 atom stereocenters. The van der Waals surface area contributed by atoms with E-state index in [4.69, 9.17) is 4.74 Å². The van der Waals surface area contributed by atoms with Crippen molar-refractivity contribution in [1.29, 1.82) is 0 Å². The van der Waals surface area contributed by atoms with Crippen LogP contribution in [0.15, 0.2) is 28.7 Å². The van der Waals surface area contributed by atoms with Gasteiger partial charge in [0.15, 0.2) is 0 Å². The molecule has 0 bridgehead atoms. The molecule has 0 N–H and O–H groups in total. The molecule has 0 aliphatic carbocycles. The van der Waals surface area contributed by atoms with Crippen molar-refractivity contribution in [2.24, 2.45) is 0 Å². The summed E-state index contributed by atoms with van der Waals surface area (Å²) in [7, 11) is 0. The van der Waals surface area contributed by atoms with Crippen LogP contribution in [0.2, 0.25) is 0 Å². The molecular weight excluding hydrogens is 228 g/mol. The minimum absolute atomic E-state index is 0.0741. The molecule has 72 valence electrons. The first-order chi connectivity index (χ1) is 5.99. The Morgan fingerprint density at radius 3 is 2.38 bits per heavy atom. The van der Waals surface area contributed by atoms with E-state index in [-0.39, 0.29) is 5.60 Å². The molecule has 0 unspecified atom stereocenters. The van der Waals surface area contributed by atoms with Crippen molar-refractivity contribution in [1.82, 2.24) is 0 Å². The van der Waals surface area contributed by atoms with E-state index in [0.29, 0.717) is 6.61 Å². The lowest BCUT2D eigenvalue weighted by atomic mass is 10.2. The second-order valence-corrected chi connectivity index (χ2v) is 4.85. The molecule has 13 heavy (non-hydrogen) atoms. The van der Waals surface area contributed by atoms with E-state index in [1.54, 1.807) is 0 Å². The standard InChI is InChI=1S/C11H15BrO/c1-11(2,3)13-8-9-6-4-5-7-10(9)12/h4-7H,8H2,1-3H3. The van der Waals surface area contributed by atoms with Crippen LogP contribution in [0.3, 0.4) is 0 Å². The maximum atomic E-state index is 5.67. The van der Waals surface area contributed by atoms with Gasteiger partial charge in [0.05, 0.1) is 12.2 Å². The van der Waals surface area contributed by atoms with Crippen LogP contribution in [-0.4, -0.2) is 5.60 Å². The van der Waals surface area contributed by atoms with Crippen molar-refractivity contribution in [3.05, 3.63) is 34.3 Å². The molecule has 1 nitrogen and oxygen atoms in total. The Labute approximate surface area is 88.2 Å². The lowest BCUT2D eigenvalue weighted by Crippen LogP contribution is -2.18. The van der Waals surface area contributed by atoms with Gasteiger partial charge in [0, 0.05) is 4.47 Å². The molecule has 0 heterocycles.